The van der Waals surface area contributed by atoms with Crippen LogP contribution < -0.4 is 10.5 Å². The van der Waals surface area contributed by atoms with E-state index in [9.17, 15) is 22.4 Å². The van der Waals surface area contributed by atoms with Crippen LogP contribution in [-0.4, -0.2) is 31.4 Å². The molecule has 7 nitrogen and oxygen atoms in total. The van der Waals surface area contributed by atoms with Gasteiger partial charge in [-0.25, -0.2) is 12.8 Å². The molecule has 4 N–H and O–H groups in total. The van der Waals surface area contributed by atoms with E-state index < -0.39 is 33.8 Å². The van der Waals surface area contributed by atoms with Crippen LogP contribution in [0.3, 0.4) is 0 Å². The molecule has 31 heavy (non-hydrogen) atoms. The normalized spacial score (nSPS) is 11.7. The summed E-state index contributed by atoms with van der Waals surface area (Å²) in [7, 11) is -3.92. The summed E-state index contributed by atoms with van der Waals surface area (Å²) in [6, 6.07) is 19.9. The van der Waals surface area contributed by atoms with Gasteiger partial charge in [-0.3, -0.25) is 9.59 Å². The second kappa shape index (κ2) is 10.5. The summed E-state index contributed by atoms with van der Waals surface area (Å²) in [5, 5.41) is 8.55. The predicted molar refractivity (Wildman–Crippen MR) is 114 cm³/mol. The largest absolute Gasteiger partial charge is 0.480 e. The van der Waals surface area contributed by atoms with Gasteiger partial charge < -0.3 is 10.8 Å². The lowest BCUT2D eigenvalue weighted by molar-refractivity contribution is -0.138. The Morgan fingerprint density at radius 1 is 0.935 bits per heavy atom. The van der Waals surface area contributed by atoms with E-state index in [1.54, 1.807) is 6.07 Å². The van der Waals surface area contributed by atoms with Crippen molar-refractivity contribution in [3.05, 3.63) is 90.2 Å². The topological polar surface area (TPSA) is 127 Å². The summed E-state index contributed by atoms with van der Waals surface area (Å²) < 4.78 is 37.6. The number of hydrogen-bond acceptors (Lipinski definition) is 4. The molecule has 0 aromatic heterocycles. The number of carbonyl (C=O) groups is 2. The number of amides is 1. The van der Waals surface area contributed by atoms with Crippen LogP contribution in [0.1, 0.15) is 17.3 Å². The first-order valence-electron chi connectivity index (χ1n) is 9.07. The zero-order chi connectivity index (χ0) is 23.0. The van der Waals surface area contributed by atoms with E-state index in [-0.39, 0.29) is 4.90 Å². The summed E-state index contributed by atoms with van der Waals surface area (Å²) in [4.78, 5) is 21.5. The number of carbonyl (C=O) groups excluding carboxylic acids is 1. The van der Waals surface area contributed by atoms with E-state index in [0.717, 1.165) is 35.4 Å². The fourth-order valence-corrected chi connectivity index (χ4v) is 3.73. The van der Waals surface area contributed by atoms with E-state index >= 15 is 0 Å². The lowest BCUT2D eigenvalue weighted by Gasteiger charge is -2.09. The molecule has 9 heteroatoms. The maximum atomic E-state index is 12.6. The predicted octanol–water partition coefficient (Wildman–Crippen LogP) is 3.03. The van der Waals surface area contributed by atoms with E-state index in [2.05, 4.69) is 0 Å². The van der Waals surface area contributed by atoms with Crippen LogP contribution in [0.5, 0.6) is 0 Å². The minimum atomic E-state index is -3.92. The average molecular weight is 444 g/mol. The third-order valence-corrected chi connectivity index (χ3v) is 5.66. The summed E-state index contributed by atoms with van der Waals surface area (Å²) in [5.74, 6) is -2.25. The van der Waals surface area contributed by atoms with Crippen LogP contribution in [0, 0.1) is 5.82 Å². The Hall–Kier alpha value is -3.56. The SMILES string of the molecule is C[C@H](NS(=O)(=O)c1ccc(F)cc1)C(=O)O.NC(=O)c1ccccc1-c1ccccc1. The van der Waals surface area contributed by atoms with Gasteiger partial charge in [-0.15, -0.1) is 0 Å². The van der Waals surface area contributed by atoms with Crippen molar-refractivity contribution >= 4 is 21.9 Å². The highest BCUT2D eigenvalue weighted by molar-refractivity contribution is 7.89. The number of sulfonamides is 1. The summed E-state index contributed by atoms with van der Waals surface area (Å²) in [5.41, 5.74) is 7.76. The lowest BCUT2D eigenvalue weighted by Crippen LogP contribution is -2.38. The molecule has 0 saturated carbocycles. The molecule has 1 amide bonds. The molecule has 0 saturated heterocycles. The monoisotopic (exact) mass is 444 g/mol. The van der Waals surface area contributed by atoms with E-state index in [0.29, 0.717) is 5.56 Å². The Labute approximate surface area is 179 Å². The van der Waals surface area contributed by atoms with Crippen LogP contribution in [0.15, 0.2) is 83.8 Å². The van der Waals surface area contributed by atoms with E-state index in [4.69, 9.17) is 10.8 Å². The van der Waals surface area contributed by atoms with Gasteiger partial charge in [0, 0.05) is 5.56 Å². The quantitative estimate of drug-likeness (QED) is 0.539. The minimum Gasteiger partial charge on any atom is -0.480 e. The maximum absolute atomic E-state index is 12.6. The Morgan fingerprint density at radius 3 is 2.03 bits per heavy atom. The van der Waals surface area contributed by atoms with Crippen LogP contribution in [0.4, 0.5) is 4.39 Å². The summed E-state index contributed by atoms with van der Waals surface area (Å²) >= 11 is 0. The number of carboxylic acids is 1. The minimum absolute atomic E-state index is 0.179. The Morgan fingerprint density at radius 2 is 1.48 bits per heavy atom. The van der Waals surface area contributed by atoms with Crippen molar-refractivity contribution in [3.63, 3.8) is 0 Å². The summed E-state index contributed by atoms with van der Waals surface area (Å²) in [6.07, 6.45) is 0. The standard InChI is InChI=1S/C13H11NO.C9H10FNO4S/c14-13(15)12-9-5-4-8-11(12)10-6-2-1-3-7-10;1-6(9(12)13)11-16(14,15)8-4-2-7(10)3-5-8/h1-9H,(H2,14,15);2-6,11H,1H3,(H,12,13)/t;6-/m.0/s1. The molecule has 3 rings (SSSR count). The molecule has 0 bridgehead atoms. The van der Waals surface area contributed by atoms with Crippen molar-refractivity contribution in [2.75, 3.05) is 0 Å². The lowest BCUT2D eigenvalue weighted by atomic mass is 9.99. The van der Waals surface area contributed by atoms with Crippen molar-refractivity contribution in [1.29, 1.82) is 0 Å². The number of carboxylic acid groups (broad SMARTS) is 1. The first-order chi connectivity index (χ1) is 14.6. The molecule has 0 aliphatic carbocycles. The molecule has 0 aliphatic heterocycles. The van der Waals surface area contributed by atoms with E-state index in [1.165, 1.54) is 6.92 Å². The Bertz CT molecular complexity index is 1150. The Balaban J connectivity index is 0.000000220. The number of primary amides is 1. The number of rotatable bonds is 6. The number of nitrogens with one attached hydrogen (secondary N) is 1. The Kier molecular flexibility index (Phi) is 8.00. The smallest absolute Gasteiger partial charge is 0.321 e. The molecule has 0 aliphatic rings. The van der Waals surface area contributed by atoms with Gasteiger partial charge >= 0.3 is 5.97 Å². The number of halogens is 1. The molecule has 0 spiro atoms. The molecule has 162 valence electrons. The van der Waals surface area contributed by atoms with Gasteiger partial charge in [-0.1, -0.05) is 48.5 Å². The van der Waals surface area contributed by atoms with Crippen molar-refractivity contribution in [3.8, 4) is 11.1 Å². The van der Waals surface area contributed by atoms with Crippen molar-refractivity contribution in [2.24, 2.45) is 5.73 Å². The molecule has 0 heterocycles. The highest BCUT2D eigenvalue weighted by Crippen LogP contribution is 2.22. The second-order valence-electron chi connectivity index (χ2n) is 6.41. The van der Waals surface area contributed by atoms with Gasteiger partial charge in [0.25, 0.3) is 0 Å². The van der Waals surface area contributed by atoms with Crippen molar-refractivity contribution in [1.82, 2.24) is 4.72 Å². The molecule has 0 radical (unpaired) electrons. The van der Waals surface area contributed by atoms with Crippen molar-refractivity contribution < 1.29 is 27.5 Å². The van der Waals surface area contributed by atoms with Crippen LogP contribution >= 0.6 is 0 Å². The van der Waals surface area contributed by atoms with Gasteiger partial charge in [0.05, 0.1) is 4.90 Å². The zero-order valence-electron chi connectivity index (χ0n) is 16.5. The van der Waals surface area contributed by atoms with Gasteiger partial charge in [0.2, 0.25) is 15.9 Å². The molecule has 3 aromatic carbocycles. The number of aliphatic carboxylic acids is 1. The van der Waals surface area contributed by atoms with Gasteiger partial charge in [0.1, 0.15) is 11.9 Å². The highest BCUT2D eigenvalue weighted by Gasteiger charge is 2.21. The number of hydrogen-bond donors (Lipinski definition) is 3. The van der Waals surface area contributed by atoms with Crippen LogP contribution in [-0.2, 0) is 14.8 Å². The van der Waals surface area contributed by atoms with Crippen LogP contribution in [0.2, 0.25) is 0 Å². The molecular formula is C22H21FN2O5S. The fraction of sp³-hybridized carbons (Fsp3) is 0.0909. The van der Waals surface area contributed by atoms with Gasteiger partial charge in [-0.2, -0.15) is 4.72 Å². The highest BCUT2D eigenvalue weighted by atomic mass is 32.2. The number of benzene rings is 3. The average Bonchev–Trinajstić information content (AvgIpc) is 2.74. The molecule has 3 aromatic rings. The molecule has 1 atom stereocenters. The van der Waals surface area contributed by atoms with Gasteiger partial charge in [-0.05, 0) is 48.4 Å². The summed E-state index contributed by atoms with van der Waals surface area (Å²) in [6.45, 7) is 1.20. The molecule has 0 unspecified atom stereocenters. The third kappa shape index (κ3) is 6.73. The maximum Gasteiger partial charge on any atom is 0.321 e. The van der Waals surface area contributed by atoms with Crippen molar-refractivity contribution in [2.45, 2.75) is 17.9 Å². The third-order valence-electron chi connectivity index (χ3n) is 4.10. The molecule has 0 fully saturated rings. The first-order valence-corrected chi connectivity index (χ1v) is 10.5. The zero-order valence-corrected chi connectivity index (χ0v) is 17.3. The second-order valence-corrected chi connectivity index (χ2v) is 8.12. The fourth-order valence-electron chi connectivity index (χ4n) is 2.53. The first kappa shape index (κ1) is 23.7. The van der Waals surface area contributed by atoms with E-state index in [1.807, 2.05) is 53.3 Å². The number of nitrogens with two attached hydrogens (primary N) is 1. The van der Waals surface area contributed by atoms with Crippen LogP contribution in [0.25, 0.3) is 11.1 Å². The molecular weight excluding hydrogens is 423 g/mol. The van der Waals surface area contributed by atoms with Gasteiger partial charge in [0.15, 0.2) is 0 Å².